The van der Waals surface area contributed by atoms with E-state index in [1.807, 2.05) is 0 Å². The van der Waals surface area contributed by atoms with E-state index in [4.69, 9.17) is 15.2 Å². The number of carbonyl (C=O) groups is 2. The highest BCUT2D eigenvalue weighted by Gasteiger charge is 2.67. The zero-order valence-electron chi connectivity index (χ0n) is 21.5. The number of rotatable bonds is 2. The first-order chi connectivity index (χ1) is 16.3. The van der Waals surface area contributed by atoms with Gasteiger partial charge in [-0.1, -0.05) is 0 Å². The molecule has 1 aromatic carbocycles. The molecule has 2 heterocycles. The van der Waals surface area contributed by atoms with Gasteiger partial charge in [0.1, 0.15) is 39.8 Å². The molecule has 0 aliphatic carbocycles. The molecule has 2 N–H and O–H groups in total. The number of nitrogen functional groups attached to an aromatic ring is 1. The molecule has 9 nitrogen and oxygen atoms in total. The lowest BCUT2D eigenvalue weighted by Crippen LogP contribution is -2.62. The van der Waals surface area contributed by atoms with E-state index in [0.29, 0.717) is 4.90 Å². The van der Waals surface area contributed by atoms with Gasteiger partial charge in [0.2, 0.25) is 0 Å². The lowest BCUT2D eigenvalue weighted by atomic mass is 9.86. The van der Waals surface area contributed by atoms with Gasteiger partial charge in [-0.3, -0.25) is 4.99 Å². The van der Waals surface area contributed by atoms with Crippen molar-refractivity contribution in [1.29, 1.82) is 0 Å². The van der Waals surface area contributed by atoms with Gasteiger partial charge in [-0.15, -0.1) is 0 Å². The van der Waals surface area contributed by atoms with Gasteiger partial charge in [-0.25, -0.2) is 26.8 Å². The Bertz CT molecular complexity index is 1190. The number of amides is 2. The molecule has 0 saturated carbocycles. The molecule has 1 saturated heterocycles. The molecule has 0 radical (unpaired) electrons. The first kappa shape index (κ1) is 27.8. The van der Waals surface area contributed by atoms with Crippen LogP contribution in [-0.2, 0) is 24.8 Å². The third-order valence-corrected chi connectivity index (χ3v) is 9.24. The van der Waals surface area contributed by atoms with Crippen LogP contribution in [0.2, 0.25) is 0 Å². The van der Waals surface area contributed by atoms with E-state index in [2.05, 4.69) is 4.99 Å². The van der Waals surface area contributed by atoms with Crippen LogP contribution >= 0.6 is 0 Å². The summed E-state index contributed by atoms with van der Waals surface area (Å²) in [6.07, 6.45) is -2.68. The second-order valence-corrected chi connectivity index (χ2v) is 13.9. The number of fused-ring (bicyclic) bond motifs is 2. The molecule has 3 rings (SSSR count). The number of carbonyl (C=O) groups excluding carboxylic acids is 2. The van der Waals surface area contributed by atoms with Crippen molar-refractivity contribution in [3.8, 4) is 0 Å². The summed E-state index contributed by atoms with van der Waals surface area (Å²) < 4.78 is 66.7. The van der Waals surface area contributed by atoms with E-state index >= 15 is 8.78 Å². The lowest BCUT2D eigenvalue weighted by Gasteiger charge is -2.43. The molecule has 12 heteroatoms. The normalized spacial score (nSPS) is 27.2. The number of anilines is 1. The molecule has 1 aromatic rings. The van der Waals surface area contributed by atoms with Crippen LogP contribution in [0.15, 0.2) is 23.2 Å². The molecule has 0 aromatic heterocycles. The largest absolute Gasteiger partial charge is 0.443 e. The Balaban J connectivity index is 2.36. The summed E-state index contributed by atoms with van der Waals surface area (Å²) in [5.74, 6) is -1.50. The van der Waals surface area contributed by atoms with Gasteiger partial charge in [0.05, 0.1) is 5.25 Å². The Morgan fingerprint density at radius 2 is 1.67 bits per heavy atom. The van der Waals surface area contributed by atoms with Crippen molar-refractivity contribution in [3.63, 3.8) is 0 Å². The fourth-order valence-corrected chi connectivity index (χ4v) is 7.18. The second kappa shape index (κ2) is 8.67. The van der Waals surface area contributed by atoms with Gasteiger partial charge in [0.25, 0.3) is 0 Å². The van der Waals surface area contributed by atoms with Crippen LogP contribution in [0.5, 0.6) is 0 Å². The average Bonchev–Trinajstić information content (AvgIpc) is 2.85. The maximum absolute atomic E-state index is 15.1. The van der Waals surface area contributed by atoms with Crippen LogP contribution in [0.25, 0.3) is 0 Å². The first-order valence-corrected chi connectivity index (χ1v) is 13.0. The molecule has 0 unspecified atom stereocenters. The highest BCUT2D eigenvalue weighted by Crippen LogP contribution is 2.53. The number of amidine groups is 1. The van der Waals surface area contributed by atoms with Crippen molar-refractivity contribution in [2.24, 2.45) is 4.99 Å². The monoisotopic (exact) mass is 529 g/mol. The summed E-state index contributed by atoms with van der Waals surface area (Å²) in [7, 11) is -4.31. The zero-order valence-corrected chi connectivity index (χ0v) is 22.3. The predicted octanol–water partition coefficient (Wildman–Crippen LogP) is 4.49. The summed E-state index contributed by atoms with van der Waals surface area (Å²) in [6, 6.07) is 3.36. The van der Waals surface area contributed by atoms with E-state index < -0.39 is 67.1 Å². The number of aliphatic imine (C=N–C) groups is 1. The zero-order chi connectivity index (χ0) is 27.5. The fourth-order valence-electron chi connectivity index (χ4n) is 4.58. The molecule has 0 spiro atoms. The third-order valence-electron chi connectivity index (χ3n) is 6.22. The van der Waals surface area contributed by atoms with Gasteiger partial charge in [0, 0.05) is 11.3 Å². The van der Waals surface area contributed by atoms with E-state index in [1.54, 1.807) is 41.5 Å². The number of nitrogens with two attached hydrogens (primary N) is 1. The van der Waals surface area contributed by atoms with Crippen LogP contribution in [0.4, 0.5) is 24.1 Å². The van der Waals surface area contributed by atoms with E-state index in [-0.39, 0.29) is 24.1 Å². The van der Waals surface area contributed by atoms with Gasteiger partial charge in [-0.2, -0.15) is 4.90 Å². The Morgan fingerprint density at radius 3 is 2.14 bits per heavy atom. The summed E-state index contributed by atoms with van der Waals surface area (Å²) >= 11 is 0. The minimum atomic E-state index is -4.31. The van der Waals surface area contributed by atoms with E-state index in [1.165, 1.54) is 13.0 Å². The summed E-state index contributed by atoms with van der Waals surface area (Å²) in [6.45, 7) is 9.21. The maximum Gasteiger partial charge on any atom is 0.425 e. The summed E-state index contributed by atoms with van der Waals surface area (Å²) in [5.41, 5.74) is 1.06. The van der Waals surface area contributed by atoms with Crippen molar-refractivity contribution >= 4 is 33.5 Å². The van der Waals surface area contributed by atoms with Crippen LogP contribution in [0.3, 0.4) is 0 Å². The Hall–Kier alpha value is -2.76. The molecular formula is C24H33F2N3O6S. The van der Waals surface area contributed by atoms with Crippen LogP contribution in [0.1, 0.15) is 66.9 Å². The molecule has 2 aliphatic heterocycles. The topological polar surface area (TPSA) is 128 Å². The average molecular weight is 530 g/mol. The fraction of sp³-hybridized carbons (Fsp3) is 0.625. The highest BCUT2D eigenvalue weighted by atomic mass is 32.2. The van der Waals surface area contributed by atoms with Crippen LogP contribution in [0, 0.1) is 5.82 Å². The first-order valence-electron chi connectivity index (χ1n) is 11.5. The van der Waals surface area contributed by atoms with Gasteiger partial charge < -0.3 is 15.2 Å². The number of hydrogen-bond acceptors (Lipinski definition) is 8. The number of benzene rings is 1. The summed E-state index contributed by atoms with van der Waals surface area (Å²) in [5, 5.41) is -1.45. The smallest absolute Gasteiger partial charge is 0.425 e. The number of ether oxygens (including phenoxy) is 2. The van der Waals surface area contributed by atoms with Gasteiger partial charge in [-0.05, 0) is 79.5 Å². The molecule has 2 aliphatic rings. The van der Waals surface area contributed by atoms with E-state index in [9.17, 15) is 18.0 Å². The van der Waals surface area contributed by atoms with Gasteiger partial charge in [0.15, 0.2) is 9.84 Å². The van der Waals surface area contributed by atoms with Crippen molar-refractivity contribution in [3.05, 3.63) is 29.6 Å². The molecule has 2 amide bonds. The predicted molar refractivity (Wildman–Crippen MR) is 131 cm³/mol. The van der Waals surface area contributed by atoms with Crippen molar-refractivity contribution in [2.75, 3.05) is 12.4 Å². The standard InChI is InChI=1S/C24H33F2N3O6S/c1-21(2,3)34-19(30)29(20(31)35-22(4,5)6)18-23(7)11-10-17(36(23,32)33)24(13-25,28-18)15-12-14(27)8-9-16(15)26/h8-9,12,17H,10-11,13,27H2,1-7H3/t17-,23+,24-/m1/s1. The maximum atomic E-state index is 15.1. The van der Waals surface area contributed by atoms with Crippen molar-refractivity contribution < 1.29 is 36.3 Å². The Morgan fingerprint density at radius 1 is 1.14 bits per heavy atom. The minimum Gasteiger partial charge on any atom is -0.443 e. The highest BCUT2D eigenvalue weighted by molar-refractivity contribution is 7.94. The molecule has 36 heavy (non-hydrogen) atoms. The number of alkyl halides is 1. The number of nitrogens with zero attached hydrogens (tertiary/aromatic N) is 2. The number of halogens is 2. The SMILES string of the molecule is CC(C)(C)OC(=O)N(C(=O)OC(C)(C)C)C1=N[C@](CF)(c2cc(N)ccc2F)[C@H]2CC[C@]1(C)S2(=O)=O. The molecule has 200 valence electrons. The molecule has 3 atom stereocenters. The Labute approximate surface area is 209 Å². The van der Waals surface area contributed by atoms with Gasteiger partial charge >= 0.3 is 12.2 Å². The Kier molecular flexibility index (Phi) is 6.70. The molecule has 2 bridgehead atoms. The second-order valence-electron chi connectivity index (χ2n) is 11.3. The van der Waals surface area contributed by atoms with Crippen LogP contribution in [-0.4, -0.2) is 59.2 Å². The number of hydrogen-bond donors (Lipinski definition) is 1. The van der Waals surface area contributed by atoms with Crippen molar-refractivity contribution in [2.45, 2.75) is 88.0 Å². The molecular weight excluding hydrogens is 496 g/mol. The lowest BCUT2D eigenvalue weighted by molar-refractivity contribution is 0.0138. The minimum absolute atomic E-state index is 0.0656. The quantitative estimate of drug-likeness (QED) is 0.559. The number of imide groups is 1. The van der Waals surface area contributed by atoms with Crippen LogP contribution < -0.4 is 5.73 Å². The van der Waals surface area contributed by atoms with E-state index in [0.717, 1.165) is 12.1 Å². The molecule has 1 fully saturated rings. The summed E-state index contributed by atoms with van der Waals surface area (Å²) in [4.78, 5) is 31.4. The number of sulfone groups is 1. The van der Waals surface area contributed by atoms with Crippen molar-refractivity contribution in [1.82, 2.24) is 4.90 Å². The third kappa shape index (κ3) is 4.55.